The van der Waals surface area contributed by atoms with Crippen molar-refractivity contribution < 1.29 is 24.2 Å². The predicted octanol–water partition coefficient (Wildman–Crippen LogP) is 1.89. The molecule has 0 aromatic heterocycles. The average molecular weight is 321 g/mol. The van der Waals surface area contributed by atoms with Crippen LogP contribution in [0, 0.1) is 0 Å². The molecule has 1 fully saturated rings. The molecule has 126 valence electrons. The smallest absolute Gasteiger partial charge is 0.306 e. The van der Waals surface area contributed by atoms with Crippen LogP contribution in [0.5, 0.6) is 11.5 Å². The van der Waals surface area contributed by atoms with E-state index < -0.39 is 0 Å². The van der Waals surface area contributed by atoms with E-state index in [2.05, 4.69) is 0 Å². The molecular weight excluding hydrogens is 298 g/mol. The summed E-state index contributed by atoms with van der Waals surface area (Å²) in [6, 6.07) is 5.03. The number of phenols is 1. The number of ether oxygens (including phenoxy) is 2. The van der Waals surface area contributed by atoms with Gasteiger partial charge in [0, 0.05) is 25.5 Å². The molecule has 1 aromatic carbocycles. The third kappa shape index (κ3) is 5.16. The highest BCUT2D eigenvalue weighted by molar-refractivity contribution is 5.78. The van der Waals surface area contributed by atoms with Gasteiger partial charge in [0.15, 0.2) is 0 Å². The number of hydrogen-bond donors (Lipinski definition) is 1. The number of aryl methyl sites for hydroxylation is 1. The third-order valence-corrected chi connectivity index (χ3v) is 3.76. The maximum Gasteiger partial charge on any atom is 0.306 e. The Hall–Kier alpha value is -2.24. The topological polar surface area (TPSA) is 76.1 Å². The van der Waals surface area contributed by atoms with Gasteiger partial charge in [-0.3, -0.25) is 9.59 Å². The molecule has 1 aliphatic rings. The van der Waals surface area contributed by atoms with Gasteiger partial charge in [-0.05, 0) is 31.4 Å². The van der Waals surface area contributed by atoms with Gasteiger partial charge in [0.2, 0.25) is 5.91 Å². The molecule has 23 heavy (non-hydrogen) atoms. The summed E-state index contributed by atoms with van der Waals surface area (Å²) < 4.78 is 10.4. The molecule has 0 saturated carbocycles. The molecule has 1 saturated heterocycles. The summed E-state index contributed by atoms with van der Waals surface area (Å²) in [6.45, 7) is 3.87. The van der Waals surface area contributed by atoms with Crippen LogP contribution in [0.15, 0.2) is 18.2 Å². The molecule has 0 atom stereocenters. The highest BCUT2D eigenvalue weighted by Crippen LogP contribution is 2.25. The van der Waals surface area contributed by atoms with E-state index in [9.17, 15) is 14.7 Å². The lowest BCUT2D eigenvalue weighted by Crippen LogP contribution is -2.29. The van der Waals surface area contributed by atoms with Crippen molar-refractivity contribution >= 4 is 11.9 Å². The maximum absolute atomic E-state index is 11.5. The number of amides is 1. The fourth-order valence-electron chi connectivity index (χ4n) is 2.53. The summed E-state index contributed by atoms with van der Waals surface area (Å²) in [5, 5.41) is 9.99. The van der Waals surface area contributed by atoms with Crippen LogP contribution in [-0.2, 0) is 20.7 Å². The van der Waals surface area contributed by atoms with Crippen molar-refractivity contribution in [3.05, 3.63) is 23.8 Å². The number of phenolic OH excluding ortho intramolecular Hbond substituents is 1. The van der Waals surface area contributed by atoms with Crippen molar-refractivity contribution in [2.24, 2.45) is 0 Å². The molecule has 2 rings (SSSR count). The van der Waals surface area contributed by atoms with Gasteiger partial charge in [-0.25, -0.2) is 0 Å². The number of carbonyl (C=O) groups excluding carboxylic acids is 2. The van der Waals surface area contributed by atoms with Gasteiger partial charge in [0.05, 0.1) is 13.2 Å². The number of hydrogen-bond acceptors (Lipinski definition) is 5. The largest absolute Gasteiger partial charge is 0.508 e. The molecule has 6 heteroatoms. The maximum atomic E-state index is 11.5. The number of rotatable bonds is 8. The van der Waals surface area contributed by atoms with Gasteiger partial charge in [0.25, 0.3) is 0 Å². The first-order valence-electron chi connectivity index (χ1n) is 7.98. The van der Waals surface area contributed by atoms with Crippen molar-refractivity contribution in [1.82, 2.24) is 4.90 Å². The van der Waals surface area contributed by atoms with Crippen molar-refractivity contribution in [3.63, 3.8) is 0 Å². The Labute approximate surface area is 136 Å². The van der Waals surface area contributed by atoms with E-state index in [0.29, 0.717) is 43.9 Å². The van der Waals surface area contributed by atoms with Crippen LogP contribution in [0.4, 0.5) is 0 Å². The molecule has 0 bridgehead atoms. The third-order valence-electron chi connectivity index (χ3n) is 3.76. The molecule has 0 radical (unpaired) electrons. The lowest BCUT2D eigenvalue weighted by atomic mass is 10.1. The summed E-state index contributed by atoms with van der Waals surface area (Å²) in [5.74, 6) is 0.548. The number of nitrogens with zero attached hydrogens (tertiary/aromatic N) is 1. The van der Waals surface area contributed by atoms with Crippen molar-refractivity contribution in [1.29, 1.82) is 0 Å². The standard InChI is InChI=1S/C17H23NO5/c1-2-22-17(21)8-6-13-5-7-14(12-15(13)19)23-11-10-18-9-3-4-16(18)20/h5,7,12,19H,2-4,6,8-11H2,1H3. The molecule has 1 aliphatic heterocycles. The number of esters is 1. The molecule has 1 heterocycles. The minimum Gasteiger partial charge on any atom is -0.508 e. The van der Waals surface area contributed by atoms with E-state index >= 15 is 0 Å². The van der Waals surface area contributed by atoms with Gasteiger partial charge in [0.1, 0.15) is 18.1 Å². The Morgan fingerprint density at radius 1 is 1.39 bits per heavy atom. The second kappa shape index (κ2) is 8.41. The van der Waals surface area contributed by atoms with E-state index in [-0.39, 0.29) is 24.0 Å². The van der Waals surface area contributed by atoms with E-state index in [0.717, 1.165) is 13.0 Å². The van der Waals surface area contributed by atoms with Crippen LogP contribution in [-0.4, -0.2) is 48.2 Å². The van der Waals surface area contributed by atoms with Gasteiger partial charge in [-0.15, -0.1) is 0 Å². The molecule has 1 N–H and O–H groups in total. The van der Waals surface area contributed by atoms with Crippen LogP contribution in [0.25, 0.3) is 0 Å². The zero-order valence-electron chi connectivity index (χ0n) is 13.4. The summed E-state index contributed by atoms with van der Waals surface area (Å²) in [7, 11) is 0. The Kier molecular flexibility index (Phi) is 6.26. The monoisotopic (exact) mass is 321 g/mol. The lowest BCUT2D eigenvalue weighted by molar-refractivity contribution is -0.143. The van der Waals surface area contributed by atoms with Gasteiger partial charge in [-0.1, -0.05) is 6.07 Å². The Morgan fingerprint density at radius 3 is 2.87 bits per heavy atom. The number of aromatic hydroxyl groups is 1. The van der Waals surface area contributed by atoms with Crippen LogP contribution in [0.3, 0.4) is 0 Å². The molecule has 0 aliphatic carbocycles. The Bertz CT molecular complexity index is 558. The fourth-order valence-corrected chi connectivity index (χ4v) is 2.53. The normalized spacial score (nSPS) is 14.1. The Balaban J connectivity index is 1.79. The van der Waals surface area contributed by atoms with Crippen molar-refractivity contribution in [3.8, 4) is 11.5 Å². The van der Waals surface area contributed by atoms with Gasteiger partial charge < -0.3 is 19.5 Å². The number of likely N-dealkylation sites (tertiary alicyclic amines) is 1. The van der Waals surface area contributed by atoms with E-state index in [1.54, 1.807) is 24.0 Å². The molecule has 0 unspecified atom stereocenters. The number of benzene rings is 1. The highest BCUT2D eigenvalue weighted by atomic mass is 16.5. The Morgan fingerprint density at radius 2 is 2.22 bits per heavy atom. The highest BCUT2D eigenvalue weighted by Gasteiger charge is 2.19. The summed E-state index contributed by atoms with van der Waals surface area (Å²) in [4.78, 5) is 24.6. The molecule has 1 amide bonds. The summed E-state index contributed by atoms with van der Waals surface area (Å²) in [5.41, 5.74) is 0.681. The van der Waals surface area contributed by atoms with Crippen molar-refractivity contribution in [2.75, 3.05) is 26.3 Å². The van der Waals surface area contributed by atoms with Crippen LogP contribution < -0.4 is 4.74 Å². The SMILES string of the molecule is CCOC(=O)CCc1ccc(OCCN2CCCC2=O)cc1O. The van der Waals surface area contributed by atoms with Crippen LogP contribution in [0.2, 0.25) is 0 Å². The summed E-state index contributed by atoms with van der Waals surface area (Å²) >= 11 is 0. The van der Waals surface area contributed by atoms with Gasteiger partial charge in [-0.2, -0.15) is 0 Å². The predicted molar refractivity (Wildman–Crippen MR) is 84.4 cm³/mol. The zero-order valence-corrected chi connectivity index (χ0v) is 13.4. The van der Waals surface area contributed by atoms with E-state index in [1.165, 1.54) is 6.07 Å². The fraction of sp³-hybridized carbons (Fsp3) is 0.529. The lowest BCUT2D eigenvalue weighted by Gasteiger charge is -2.16. The molecular formula is C17H23NO5. The van der Waals surface area contributed by atoms with Crippen molar-refractivity contribution in [2.45, 2.75) is 32.6 Å². The molecule has 1 aromatic rings. The first-order valence-corrected chi connectivity index (χ1v) is 7.98. The minimum absolute atomic E-state index is 0.101. The molecule has 0 spiro atoms. The molecule has 6 nitrogen and oxygen atoms in total. The zero-order chi connectivity index (χ0) is 16.7. The first kappa shape index (κ1) is 17.1. The second-order valence-corrected chi connectivity index (χ2v) is 5.43. The van der Waals surface area contributed by atoms with Crippen LogP contribution in [0.1, 0.15) is 31.7 Å². The minimum atomic E-state index is -0.275. The van der Waals surface area contributed by atoms with E-state index in [4.69, 9.17) is 9.47 Å². The average Bonchev–Trinajstić information content (AvgIpc) is 2.92. The summed E-state index contributed by atoms with van der Waals surface area (Å²) in [6.07, 6.45) is 2.19. The van der Waals surface area contributed by atoms with E-state index in [1.807, 2.05) is 0 Å². The second-order valence-electron chi connectivity index (χ2n) is 5.43. The van der Waals surface area contributed by atoms with Gasteiger partial charge >= 0.3 is 5.97 Å². The number of carbonyl (C=O) groups is 2. The van der Waals surface area contributed by atoms with Crippen LogP contribution >= 0.6 is 0 Å². The quantitative estimate of drug-likeness (QED) is 0.740. The first-order chi connectivity index (χ1) is 11.1.